The van der Waals surface area contributed by atoms with Crippen molar-refractivity contribution in [2.24, 2.45) is 5.92 Å². The molecule has 0 saturated carbocycles. The summed E-state index contributed by atoms with van der Waals surface area (Å²) in [7, 11) is 0. The lowest BCUT2D eigenvalue weighted by Crippen LogP contribution is -2.52. The fourth-order valence-corrected chi connectivity index (χ4v) is 3.44. The molecule has 3 rings (SSSR count). The number of imidazole rings is 1. The minimum absolute atomic E-state index is 0.0279. The lowest BCUT2D eigenvalue weighted by Gasteiger charge is -2.37. The number of hydrogen-bond acceptors (Lipinski definition) is 4. The van der Waals surface area contributed by atoms with Crippen molar-refractivity contribution in [2.45, 2.75) is 39.7 Å². The summed E-state index contributed by atoms with van der Waals surface area (Å²) in [5.74, 6) is 0.591. The molecule has 0 aliphatic carbocycles. The lowest BCUT2D eigenvalue weighted by molar-refractivity contribution is -0.132. The average molecular weight is 370 g/mol. The molecule has 0 bridgehead atoms. The average Bonchev–Trinajstić information content (AvgIpc) is 3.15. The van der Waals surface area contributed by atoms with E-state index in [1.807, 2.05) is 24.8 Å². The number of rotatable bonds is 3. The van der Waals surface area contributed by atoms with Crippen LogP contribution in [0.3, 0.4) is 0 Å². The summed E-state index contributed by atoms with van der Waals surface area (Å²) >= 11 is 0. The molecule has 1 aromatic heterocycles. The highest BCUT2D eigenvalue weighted by molar-refractivity contribution is 5.78. The molecule has 1 aliphatic heterocycles. The lowest BCUT2D eigenvalue weighted by atomic mass is 9.94. The fourth-order valence-electron chi connectivity index (χ4n) is 3.44. The molecule has 2 atom stereocenters. The van der Waals surface area contributed by atoms with Crippen LogP contribution in [0.1, 0.15) is 32.3 Å². The van der Waals surface area contributed by atoms with E-state index in [0.717, 1.165) is 17.5 Å². The van der Waals surface area contributed by atoms with Gasteiger partial charge in [-0.25, -0.2) is 9.78 Å². The first kappa shape index (κ1) is 18.9. The number of aromatic hydroxyl groups is 1. The van der Waals surface area contributed by atoms with E-state index >= 15 is 0 Å². The van der Waals surface area contributed by atoms with Crippen molar-refractivity contribution in [3.8, 4) is 17.0 Å². The maximum atomic E-state index is 12.6. The van der Waals surface area contributed by atoms with Crippen LogP contribution < -0.4 is 5.32 Å². The predicted octanol–water partition coefficient (Wildman–Crippen LogP) is 2.77. The smallest absolute Gasteiger partial charge is 0.327 e. The zero-order valence-electron chi connectivity index (χ0n) is 16.0. The highest BCUT2D eigenvalue weighted by Gasteiger charge is 2.29. The molecule has 2 aromatic rings. The molecule has 1 aromatic carbocycles. The maximum Gasteiger partial charge on any atom is 0.327 e. The number of likely N-dealkylation sites (tertiary alicyclic amines) is 1. The van der Waals surface area contributed by atoms with Gasteiger partial charge in [0.05, 0.1) is 5.69 Å². The summed E-state index contributed by atoms with van der Waals surface area (Å²) in [6, 6.07) is 5.03. The quantitative estimate of drug-likeness (QED) is 0.870. The zero-order valence-corrected chi connectivity index (χ0v) is 16.0. The van der Waals surface area contributed by atoms with Gasteiger partial charge in [0.1, 0.15) is 12.1 Å². The van der Waals surface area contributed by atoms with E-state index < -0.39 is 0 Å². The summed E-state index contributed by atoms with van der Waals surface area (Å²) < 4.78 is 1.44. The van der Waals surface area contributed by atoms with E-state index in [1.165, 1.54) is 10.9 Å². The van der Waals surface area contributed by atoms with Crippen molar-refractivity contribution in [2.75, 3.05) is 13.1 Å². The topological polar surface area (TPSA) is 87.5 Å². The van der Waals surface area contributed by atoms with Crippen LogP contribution in [-0.4, -0.2) is 50.6 Å². The SMILES string of the molecule is CCC(=O)N1CCC(NC(=O)n2cnc(-c3ccc(O)c(C)c3)c2)C(C)C1. The van der Waals surface area contributed by atoms with Crippen LogP contribution >= 0.6 is 0 Å². The van der Waals surface area contributed by atoms with Gasteiger partial charge in [0.2, 0.25) is 5.91 Å². The Balaban J connectivity index is 1.64. The molecule has 0 radical (unpaired) electrons. The van der Waals surface area contributed by atoms with Gasteiger partial charge >= 0.3 is 6.03 Å². The van der Waals surface area contributed by atoms with Gasteiger partial charge in [-0.05, 0) is 43.0 Å². The Morgan fingerprint density at radius 1 is 1.37 bits per heavy atom. The highest BCUT2D eigenvalue weighted by atomic mass is 16.3. The third-order valence-corrected chi connectivity index (χ3v) is 5.18. The van der Waals surface area contributed by atoms with Gasteiger partial charge in [-0.1, -0.05) is 13.8 Å². The highest BCUT2D eigenvalue weighted by Crippen LogP contribution is 2.24. The molecule has 2 heterocycles. The van der Waals surface area contributed by atoms with Crippen LogP contribution in [-0.2, 0) is 4.79 Å². The van der Waals surface area contributed by atoms with Gasteiger partial charge < -0.3 is 15.3 Å². The van der Waals surface area contributed by atoms with Gasteiger partial charge in [-0.3, -0.25) is 9.36 Å². The minimum atomic E-state index is -0.226. The molecule has 1 saturated heterocycles. The van der Waals surface area contributed by atoms with Crippen LogP contribution in [0.15, 0.2) is 30.7 Å². The largest absolute Gasteiger partial charge is 0.508 e. The van der Waals surface area contributed by atoms with Crippen LogP contribution in [0, 0.1) is 12.8 Å². The molecule has 1 aliphatic rings. The normalized spacial score (nSPS) is 19.7. The van der Waals surface area contributed by atoms with Crippen molar-refractivity contribution in [1.29, 1.82) is 0 Å². The van der Waals surface area contributed by atoms with E-state index in [9.17, 15) is 14.7 Å². The first-order chi connectivity index (χ1) is 12.9. The van der Waals surface area contributed by atoms with Gasteiger partial charge in [-0.15, -0.1) is 0 Å². The molecule has 0 spiro atoms. The molecule has 2 unspecified atom stereocenters. The number of carbonyl (C=O) groups is 2. The number of amides is 2. The van der Waals surface area contributed by atoms with Crippen molar-refractivity contribution < 1.29 is 14.7 Å². The zero-order chi connectivity index (χ0) is 19.6. The van der Waals surface area contributed by atoms with Crippen LogP contribution in [0.2, 0.25) is 0 Å². The van der Waals surface area contributed by atoms with E-state index in [-0.39, 0.29) is 29.6 Å². The minimum Gasteiger partial charge on any atom is -0.508 e. The number of hydrogen-bond donors (Lipinski definition) is 2. The molecular weight excluding hydrogens is 344 g/mol. The summed E-state index contributed by atoms with van der Waals surface area (Å²) in [5, 5.41) is 12.7. The number of piperidine rings is 1. The Morgan fingerprint density at radius 3 is 2.81 bits per heavy atom. The third kappa shape index (κ3) is 4.13. The van der Waals surface area contributed by atoms with E-state index in [2.05, 4.69) is 17.2 Å². The van der Waals surface area contributed by atoms with Crippen LogP contribution in [0.4, 0.5) is 4.79 Å². The van der Waals surface area contributed by atoms with Crippen LogP contribution in [0.25, 0.3) is 11.3 Å². The standard InChI is InChI=1S/C20H26N4O3/c1-4-19(26)23-8-7-16(14(3)10-23)22-20(27)24-11-17(21-12-24)15-5-6-18(25)13(2)9-15/h5-6,9,11-12,14,16,25H,4,7-8,10H2,1-3H3,(H,22,27). The van der Waals surface area contributed by atoms with Gasteiger partial charge in [0.15, 0.2) is 0 Å². The Kier molecular flexibility index (Phi) is 5.48. The number of benzene rings is 1. The van der Waals surface area contributed by atoms with Crippen molar-refractivity contribution in [1.82, 2.24) is 19.8 Å². The van der Waals surface area contributed by atoms with Gasteiger partial charge in [0.25, 0.3) is 0 Å². The molecule has 1 fully saturated rings. The van der Waals surface area contributed by atoms with Crippen molar-refractivity contribution in [3.63, 3.8) is 0 Å². The number of nitrogens with zero attached hydrogens (tertiary/aromatic N) is 3. The Morgan fingerprint density at radius 2 is 2.15 bits per heavy atom. The molecule has 27 heavy (non-hydrogen) atoms. The number of carbonyl (C=O) groups excluding carboxylic acids is 2. The van der Waals surface area contributed by atoms with E-state index in [4.69, 9.17) is 0 Å². The number of aryl methyl sites for hydroxylation is 1. The number of phenols is 1. The Hall–Kier alpha value is -2.83. The second-order valence-electron chi connectivity index (χ2n) is 7.18. The van der Waals surface area contributed by atoms with E-state index in [1.54, 1.807) is 18.3 Å². The third-order valence-electron chi connectivity index (χ3n) is 5.18. The number of phenolic OH excluding ortho intramolecular Hbond substituents is 1. The summed E-state index contributed by atoms with van der Waals surface area (Å²) in [4.78, 5) is 30.6. The van der Waals surface area contributed by atoms with Gasteiger partial charge in [0, 0.05) is 37.3 Å². The second kappa shape index (κ2) is 7.82. The first-order valence-corrected chi connectivity index (χ1v) is 9.31. The van der Waals surface area contributed by atoms with Gasteiger partial charge in [-0.2, -0.15) is 0 Å². The molecule has 7 heteroatoms. The summed E-state index contributed by atoms with van der Waals surface area (Å²) in [6.07, 6.45) is 4.43. The number of aromatic nitrogens is 2. The van der Waals surface area contributed by atoms with Crippen molar-refractivity contribution in [3.05, 3.63) is 36.3 Å². The maximum absolute atomic E-state index is 12.6. The van der Waals surface area contributed by atoms with E-state index in [0.29, 0.717) is 25.2 Å². The first-order valence-electron chi connectivity index (χ1n) is 9.31. The molecule has 2 amide bonds. The monoisotopic (exact) mass is 370 g/mol. The molecule has 2 N–H and O–H groups in total. The molecule has 144 valence electrons. The molecular formula is C20H26N4O3. The van der Waals surface area contributed by atoms with Crippen LogP contribution in [0.5, 0.6) is 5.75 Å². The Bertz CT molecular complexity index is 846. The summed E-state index contributed by atoms with van der Waals surface area (Å²) in [6.45, 7) is 7.08. The predicted molar refractivity (Wildman–Crippen MR) is 102 cm³/mol. The second-order valence-corrected chi connectivity index (χ2v) is 7.18. The fraction of sp³-hybridized carbons (Fsp3) is 0.450. The Labute approximate surface area is 159 Å². The number of nitrogens with one attached hydrogen (secondary N) is 1. The molecule has 7 nitrogen and oxygen atoms in total. The summed E-state index contributed by atoms with van der Waals surface area (Å²) in [5.41, 5.74) is 2.27. The van der Waals surface area contributed by atoms with Crippen molar-refractivity contribution >= 4 is 11.9 Å².